The minimum absolute atomic E-state index is 0.275. The van der Waals surface area contributed by atoms with Gasteiger partial charge in [0.05, 0.1) is 17.7 Å². The number of hydrogen-bond donors (Lipinski definition) is 2. The van der Waals surface area contributed by atoms with E-state index in [1.54, 1.807) is 37.4 Å². The van der Waals surface area contributed by atoms with E-state index in [0.29, 0.717) is 40.8 Å². The number of nitrogens with one attached hydrogen (secondary N) is 2. The van der Waals surface area contributed by atoms with Crippen molar-refractivity contribution in [1.29, 1.82) is 0 Å². The summed E-state index contributed by atoms with van der Waals surface area (Å²) < 4.78 is 10.9. The molecule has 1 aromatic heterocycles. The molecule has 3 aromatic rings. The molecule has 1 heterocycles. The van der Waals surface area contributed by atoms with Crippen molar-refractivity contribution in [3.63, 3.8) is 0 Å². The van der Waals surface area contributed by atoms with E-state index in [-0.39, 0.29) is 5.91 Å². The molecule has 0 bridgehead atoms. The van der Waals surface area contributed by atoms with Gasteiger partial charge >= 0.3 is 0 Å². The number of carbonyl (C=O) groups is 2. The van der Waals surface area contributed by atoms with Crippen LogP contribution in [0.2, 0.25) is 5.02 Å². The lowest BCUT2D eigenvalue weighted by Crippen LogP contribution is -2.46. The highest BCUT2D eigenvalue weighted by molar-refractivity contribution is 6.32. The maximum atomic E-state index is 12.5. The van der Waals surface area contributed by atoms with Crippen LogP contribution in [0.1, 0.15) is 29.3 Å². The van der Waals surface area contributed by atoms with Crippen molar-refractivity contribution >= 4 is 23.4 Å². The number of carbonyl (C=O) groups excluding carboxylic acids is 2. The first-order chi connectivity index (χ1) is 15.5. The first kappa shape index (κ1) is 23.0. The van der Waals surface area contributed by atoms with Gasteiger partial charge in [-0.2, -0.15) is 0 Å². The number of nitrogens with zero attached hydrogens (tertiary/aromatic N) is 2. The fourth-order valence-corrected chi connectivity index (χ4v) is 3.03. The van der Waals surface area contributed by atoms with Gasteiger partial charge in [-0.15, -0.1) is 0 Å². The van der Waals surface area contributed by atoms with Crippen LogP contribution in [0.3, 0.4) is 0 Å². The van der Waals surface area contributed by atoms with Crippen LogP contribution >= 0.6 is 11.6 Å². The molecule has 1 atom stereocenters. The third-order valence-corrected chi connectivity index (χ3v) is 4.91. The summed E-state index contributed by atoms with van der Waals surface area (Å²) in [5.74, 6) is 1.09. The van der Waals surface area contributed by atoms with Crippen LogP contribution in [0.25, 0.3) is 0 Å². The van der Waals surface area contributed by atoms with Gasteiger partial charge in [-0.05, 0) is 36.2 Å². The lowest BCUT2D eigenvalue weighted by atomic mass is 10.1. The van der Waals surface area contributed by atoms with Gasteiger partial charge < -0.3 is 20.1 Å². The molecular formula is C23H23ClN4O4. The molecule has 0 aliphatic rings. The lowest BCUT2D eigenvalue weighted by Gasteiger charge is -2.17. The van der Waals surface area contributed by atoms with Crippen molar-refractivity contribution in [3.05, 3.63) is 77.3 Å². The monoisotopic (exact) mass is 454 g/mol. The number of ether oxygens (including phenoxy) is 2. The SMILES string of the molecule is CC[C@H](NC(=O)c1cncnc1)C(=O)NCc1ccc(Oc2ccc(OC)cc2Cl)cc1. The maximum absolute atomic E-state index is 12.5. The molecule has 8 nitrogen and oxygen atoms in total. The van der Waals surface area contributed by atoms with Crippen molar-refractivity contribution in [2.45, 2.75) is 25.9 Å². The number of hydrogen-bond acceptors (Lipinski definition) is 6. The van der Waals surface area contributed by atoms with Crippen LogP contribution < -0.4 is 20.1 Å². The van der Waals surface area contributed by atoms with Crippen molar-refractivity contribution in [1.82, 2.24) is 20.6 Å². The molecule has 32 heavy (non-hydrogen) atoms. The molecule has 0 spiro atoms. The molecule has 0 saturated carbocycles. The predicted molar refractivity (Wildman–Crippen MR) is 120 cm³/mol. The number of aromatic nitrogens is 2. The number of methoxy groups -OCH3 is 1. The van der Waals surface area contributed by atoms with E-state index in [9.17, 15) is 9.59 Å². The van der Waals surface area contributed by atoms with Gasteiger partial charge in [-0.3, -0.25) is 9.59 Å². The van der Waals surface area contributed by atoms with Gasteiger partial charge in [0.2, 0.25) is 5.91 Å². The highest BCUT2D eigenvalue weighted by Gasteiger charge is 2.19. The van der Waals surface area contributed by atoms with E-state index in [2.05, 4.69) is 20.6 Å². The van der Waals surface area contributed by atoms with E-state index >= 15 is 0 Å². The van der Waals surface area contributed by atoms with Gasteiger partial charge in [0.1, 0.15) is 29.6 Å². The Morgan fingerprint density at radius 3 is 2.38 bits per heavy atom. The van der Waals surface area contributed by atoms with Crippen LogP contribution in [0, 0.1) is 0 Å². The minimum Gasteiger partial charge on any atom is -0.497 e. The summed E-state index contributed by atoms with van der Waals surface area (Å²) in [5.41, 5.74) is 1.18. The zero-order valence-electron chi connectivity index (χ0n) is 17.7. The summed E-state index contributed by atoms with van der Waals surface area (Å²) in [7, 11) is 1.57. The average Bonchev–Trinajstić information content (AvgIpc) is 2.83. The second-order valence-electron chi connectivity index (χ2n) is 6.82. The first-order valence-corrected chi connectivity index (χ1v) is 10.3. The molecule has 0 radical (unpaired) electrons. The maximum Gasteiger partial charge on any atom is 0.255 e. The summed E-state index contributed by atoms with van der Waals surface area (Å²) in [6, 6.07) is 11.8. The molecule has 3 rings (SSSR count). The zero-order valence-corrected chi connectivity index (χ0v) is 18.4. The second-order valence-corrected chi connectivity index (χ2v) is 7.23. The van der Waals surface area contributed by atoms with Gasteiger partial charge in [-0.1, -0.05) is 30.7 Å². The molecule has 2 amide bonds. The fourth-order valence-electron chi connectivity index (χ4n) is 2.82. The minimum atomic E-state index is -0.664. The lowest BCUT2D eigenvalue weighted by molar-refractivity contribution is -0.123. The van der Waals surface area contributed by atoms with Crippen LogP contribution in [0.5, 0.6) is 17.2 Å². The van der Waals surface area contributed by atoms with Crippen molar-refractivity contribution in [2.24, 2.45) is 0 Å². The van der Waals surface area contributed by atoms with Crippen molar-refractivity contribution < 1.29 is 19.1 Å². The molecular weight excluding hydrogens is 432 g/mol. The quantitative estimate of drug-likeness (QED) is 0.510. The Kier molecular flexibility index (Phi) is 7.99. The average molecular weight is 455 g/mol. The Balaban J connectivity index is 1.53. The normalized spacial score (nSPS) is 11.3. The van der Waals surface area contributed by atoms with Crippen molar-refractivity contribution in [2.75, 3.05) is 7.11 Å². The molecule has 0 aliphatic heterocycles. The van der Waals surface area contributed by atoms with E-state index in [1.807, 2.05) is 19.1 Å². The molecule has 2 N–H and O–H groups in total. The van der Waals surface area contributed by atoms with E-state index < -0.39 is 11.9 Å². The topological polar surface area (TPSA) is 102 Å². The number of amides is 2. The Labute approximate surface area is 190 Å². The summed E-state index contributed by atoms with van der Waals surface area (Å²) >= 11 is 6.20. The van der Waals surface area contributed by atoms with Gasteiger partial charge in [0.15, 0.2) is 0 Å². The Morgan fingerprint density at radius 1 is 1.06 bits per heavy atom. The number of rotatable bonds is 9. The Hall–Kier alpha value is -3.65. The first-order valence-electron chi connectivity index (χ1n) is 9.94. The smallest absolute Gasteiger partial charge is 0.255 e. The zero-order chi connectivity index (χ0) is 22.9. The van der Waals surface area contributed by atoms with E-state index in [1.165, 1.54) is 18.7 Å². The van der Waals surface area contributed by atoms with Gasteiger partial charge in [0, 0.05) is 25.0 Å². The largest absolute Gasteiger partial charge is 0.497 e. The Bertz CT molecular complexity index is 1060. The highest BCUT2D eigenvalue weighted by atomic mass is 35.5. The third-order valence-electron chi connectivity index (χ3n) is 4.61. The van der Waals surface area contributed by atoms with Crippen LogP contribution in [0.15, 0.2) is 61.2 Å². The van der Waals surface area contributed by atoms with Crippen molar-refractivity contribution in [3.8, 4) is 17.2 Å². The molecule has 0 unspecified atom stereocenters. The van der Waals surface area contributed by atoms with Gasteiger partial charge in [-0.25, -0.2) is 9.97 Å². The summed E-state index contributed by atoms with van der Waals surface area (Å²) in [6.07, 6.45) is 4.58. The molecule has 0 aliphatic carbocycles. The highest BCUT2D eigenvalue weighted by Crippen LogP contribution is 2.32. The summed E-state index contributed by atoms with van der Waals surface area (Å²) in [5, 5.41) is 5.97. The second kappa shape index (κ2) is 11.1. The van der Waals surface area contributed by atoms with E-state index in [4.69, 9.17) is 21.1 Å². The molecule has 0 fully saturated rings. The van der Waals surface area contributed by atoms with Crippen LogP contribution in [-0.4, -0.2) is 34.9 Å². The summed E-state index contributed by atoms with van der Waals surface area (Å²) in [6.45, 7) is 2.13. The Morgan fingerprint density at radius 2 is 1.75 bits per heavy atom. The van der Waals surface area contributed by atoms with Crippen LogP contribution in [0.4, 0.5) is 0 Å². The standard InChI is InChI=1S/C23H23ClN4O4/c1-3-20(28-22(29)16-12-25-14-26-13-16)23(30)27-11-15-4-6-17(7-5-15)32-21-9-8-18(31-2)10-19(21)24/h4-10,12-14,20H,3,11H2,1-2H3,(H,27,30)(H,28,29)/t20-/m0/s1. The summed E-state index contributed by atoms with van der Waals surface area (Å²) in [4.78, 5) is 32.4. The number of benzene rings is 2. The molecule has 9 heteroatoms. The predicted octanol–water partition coefficient (Wildman–Crippen LogP) is 3.76. The number of halogens is 1. The fraction of sp³-hybridized carbons (Fsp3) is 0.217. The molecule has 0 saturated heterocycles. The third kappa shape index (κ3) is 6.18. The molecule has 166 valence electrons. The van der Waals surface area contributed by atoms with E-state index in [0.717, 1.165) is 5.56 Å². The van der Waals surface area contributed by atoms with Gasteiger partial charge in [0.25, 0.3) is 5.91 Å². The van der Waals surface area contributed by atoms with Crippen LogP contribution in [-0.2, 0) is 11.3 Å². The molecule has 2 aromatic carbocycles.